The third-order valence-corrected chi connectivity index (χ3v) is 3.59. The van der Waals surface area contributed by atoms with Gasteiger partial charge in [-0.2, -0.15) is 5.10 Å². The molecule has 1 saturated carbocycles. The Morgan fingerprint density at radius 3 is 2.86 bits per heavy atom. The SMILES string of the molecule is O=C1NCC(C(=O)NCCn2nc(C3CC3)ccc2=O)N1. The summed E-state index contributed by atoms with van der Waals surface area (Å²) in [6.07, 6.45) is 2.24. The minimum atomic E-state index is -0.556. The predicted molar refractivity (Wildman–Crippen MR) is 73.8 cm³/mol. The molecule has 112 valence electrons. The molecule has 1 aromatic heterocycles. The predicted octanol–water partition coefficient (Wildman–Crippen LogP) is -1.08. The second kappa shape index (κ2) is 5.55. The summed E-state index contributed by atoms with van der Waals surface area (Å²) in [5, 5.41) is 12.0. The topological polar surface area (TPSA) is 105 Å². The summed E-state index contributed by atoms with van der Waals surface area (Å²) in [7, 11) is 0. The first-order chi connectivity index (χ1) is 10.1. The molecule has 8 heteroatoms. The van der Waals surface area contributed by atoms with Crippen LogP contribution in [0.3, 0.4) is 0 Å². The highest BCUT2D eigenvalue weighted by Gasteiger charge is 2.27. The molecular weight excluding hydrogens is 274 g/mol. The maximum absolute atomic E-state index is 11.8. The average molecular weight is 291 g/mol. The van der Waals surface area contributed by atoms with Crippen molar-refractivity contribution in [3.63, 3.8) is 0 Å². The Hall–Kier alpha value is -2.38. The van der Waals surface area contributed by atoms with Gasteiger partial charge in [0.2, 0.25) is 5.91 Å². The van der Waals surface area contributed by atoms with Crippen molar-refractivity contribution in [3.05, 3.63) is 28.2 Å². The Morgan fingerprint density at radius 2 is 2.19 bits per heavy atom. The van der Waals surface area contributed by atoms with Crippen molar-refractivity contribution in [1.82, 2.24) is 25.7 Å². The van der Waals surface area contributed by atoms with Gasteiger partial charge in [-0.1, -0.05) is 0 Å². The van der Waals surface area contributed by atoms with Crippen LogP contribution in [0, 0.1) is 0 Å². The van der Waals surface area contributed by atoms with Crippen LogP contribution in [0.2, 0.25) is 0 Å². The molecule has 1 aliphatic heterocycles. The smallest absolute Gasteiger partial charge is 0.315 e. The Kier molecular flexibility index (Phi) is 3.59. The lowest BCUT2D eigenvalue weighted by Crippen LogP contribution is -2.44. The second-order valence-electron chi connectivity index (χ2n) is 5.29. The van der Waals surface area contributed by atoms with Crippen molar-refractivity contribution in [1.29, 1.82) is 0 Å². The fraction of sp³-hybridized carbons (Fsp3) is 0.538. The Labute approximate surface area is 120 Å². The largest absolute Gasteiger partial charge is 0.352 e. The van der Waals surface area contributed by atoms with Crippen LogP contribution < -0.4 is 21.5 Å². The molecule has 2 heterocycles. The molecular formula is C13H17N5O3. The first kappa shape index (κ1) is 13.6. The summed E-state index contributed by atoms with van der Waals surface area (Å²) in [6.45, 7) is 0.894. The van der Waals surface area contributed by atoms with Gasteiger partial charge in [0.15, 0.2) is 0 Å². The molecule has 3 amide bonds. The highest BCUT2D eigenvalue weighted by atomic mass is 16.2. The first-order valence-electron chi connectivity index (χ1n) is 7.03. The van der Waals surface area contributed by atoms with Crippen molar-refractivity contribution in [2.75, 3.05) is 13.1 Å². The zero-order valence-electron chi connectivity index (χ0n) is 11.5. The van der Waals surface area contributed by atoms with Gasteiger partial charge in [-0.25, -0.2) is 9.48 Å². The second-order valence-corrected chi connectivity index (χ2v) is 5.29. The van der Waals surface area contributed by atoms with Crippen LogP contribution in [0.25, 0.3) is 0 Å². The van der Waals surface area contributed by atoms with Crippen LogP contribution in [0.1, 0.15) is 24.5 Å². The quantitative estimate of drug-likeness (QED) is 0.641. The van der Waals surface area contributed by atoms with E-state index in [1.165, 1.54) is 10.7 Å². The molecule has 2 aliphatic rings. The van der Waals surface area contributed by atoms with Crippen LogP contribution in [0.4, 0.5) is 4.79 Å². The van der Waals surface area contributed by atoms with Gasteiger partial charge in [-0.3, -0.25) is 9.59 Å². The Bertz CT molecular complexity index is 622. The zero-order valence-corrected chi connectivity index (χ0v) is 11.5. The molecule has 8 nitrogen and oxygen atoms in total. The number of urea groups is 1. The van der Waals surface area contributed by atoms with Gasteiger partial charge in [0.25, 0.3) is 5.56 Å². The van der Waals surface area contributed by atoms with Crippen LogP contribution in [-0.2, 0) is 11.3 Å². The number of carbonyl (C=O) groups excluding carboxylic acids is 2. The standard InChI is InChI=1S/C13H17N5O3/c19-11-4-3-9(8-1-2-8)17-18(11)6-5-14-12(20)10-7-15-13(21)16-10/h3-4,8,10H,1-2,5-7H2,(H,14,20)(H2,15,16,21). The zero-order chi connectivity index (χ0) is 14.8. The van der Waals surface area contributed by atoms with E-state index in [9.17, 15) is 14.4 Å². The number of aromatic nitrogens is 2. The van der Waals surface area contributed by atoms with Gasteiger partial charge in [-0.15, -0.1) is 0 Å². The maximum Gasteiger partial charge on any atom is 0.315 e. The summed E-state index contributed by atoms with van der Waals surface area (Å²) in [5.41, 5.74) is 0.762. The lowest BCUT2D eigenvalue weighted by molar-refractivity contribution is -0.122. The minimum Gasteiger partial charge on any atom is -0.352 e. The van der Waals surface area contributed by atoms with Crippen LogP contribution in [-0.4, -0.2) is 40.9 Å². The molecule has 1 aliphatic carbocycles. The summed E-state index contributed by atoms with van der Waals surface area (Å²) in [5.74, 6) is 0.214. The van der Waals surface area contributed by atoms with Crippen molar-refractivity contribution < 1.29 is 9.59 Å². The molecule has 1 unspecified atom stereocenters. The van der Waals surface area contributed by atoms with Crippen LogP contribution >= 0.6 is 0 Å². The third-order valence-electron chi connectivity index (χ3n) is 3.59. The number of hydrogen-bond acceptors (Lipinski definition) is 4. The van der Waals surface area contributed by atoms with Crippen LogP contribution in [0.5, 0.6) is 0 Å². The first-order valence-corrected chi connectivity index (χ1v) is 7.03. The molecule has 0 radical (unpaired) electrons. The molecule has 1 saturated heterocycles. The van der Waals surface area contributed by atoms with E-state index in [4.69, 9.17) is 0 Å². The monoisotopic (exact) mass is 291 g/mol. The lowest BCUT2D eigenvalue weighted by Gasteiger charge is -2.11. The van der Waals surface area contributed by atoms with Gasteiger partial charge in [0.1, 0.15) is 6.04 Å². The average Bonchev–Trinajstić information content (AvgIpc) is 3.22. The van der Waals surface area contributed by atoms with E-state index in [2.05, 4.69) is 21.0 Å². The molecule has 2 fully saturated rings. The molecule has 0 spiro atoms. The number of hydrogen-bond donors (Lipinski definition) is 3. The van der Waals surface area contributed by atoms with Crippen molar-refractivity contribution in [2.24, 2.45) is 0 Å². The maximum atomic E-state index is 11.8. The highest BCUT2D eigenvalue weighted by Crippen LogP contribution is 2.38. The van der Waals surface area contributed by atoms with Crippen molar-refractivity contribution >= 4 is 11.9 Å². The van der Waals surface area contributed by atoms with Gasteiger partial charge < -0.3 is 16.0 Å². The highest BCUT2D eigenvalue weighted by molar-refractivity contribution is 5.90. The van der Waals surface area contributed by atoms with Gasteiger partial charge in [-0.05, 0) is 18.9 Å². The molecule has 3 N–H and O–H groups in total. The number of nitrogens with zero attached hydrogens (tertiary/aromatic N) is 2. The molecule has 1 atom stereocenters. The van der Waals surface area contributed by atoms with Crippen LogP contribution in [0.15, 0.2) is 16.9 Å². The summed E-state index contributed by atoms with van der Waals surface area (Å²) in [6, 6.07) is 2.39. The number of carbonyl (C=O) groups is 2. The number of nitrogens with one attached hydrogen (secondary N) is 3. The van der Waals surface area contributed by atoms with E-state index in [0.717, 1.165) is 18.5 Å². The lowest BCUT2D eigenvalue weighted by atomic mass is 10.3. The van der Waals surface area contributed by atoms with E-state index in [0.29, 0.717) is 19.0 Å². The third kappa shape index (κ3) is 3.21. The van der Waals surface area contributed by atoms with E-state index in [-0.39, 0.29) is 24.0 Å². The molecule has 0 bridgehead atoms. The summed E-state index contributed by atoms with van der Waals surface area (Å²) in [4.78, 5) is 34.4. The summed E-state index contributed by atoms with van der Waals surface area (Å²) >= 11 is 0. The summed E-state index contributed by atoms with van der Waals surface area (Å²) < 4.78 is 1.37. The minimum absolute atomic E-state index is 0.176. The van der Waals surface area contributed by atoms with E-state index in [1.807, 2.05) is 0 Å². The Morgan fingerprint density at radius 1 is 1.38 bits per heavy atom. The number of rotatable bonds is 5. The number of amides is 3. The van der Waals surface area contributed by atoms with Gasteiger partial charge >= 0.3 is 6.03 Å². The Balaban J connectivity index is 1.53. The van der Waals surface area contributed by atoms with Gasteiger partial charge in [0.05, 0.1) is 12.2 Å². The molecule has 0 aromatic carbocycles. The molecule has 3 rings (SSSR count). The fourth-order valence-electron chi connectivity index (χ4n) is 2.24. The van der Waals surface area contributed by atoms with Gasteiger partial charge in [0, 0.05) is 25.1 Å². The van der Waals surface area contributed by atoms with Crippen molar-refractivity contribution in [3.8, 4) is 0 Å². The normalized spacial score (nSPS) is 20.8. The van der Waals surface area contributed by atoms with Crippen molar-refractivity contribution in [2.45, 2.75) is 31.3 Å². The molecule has 21 heavy (non-hydrogen) atoms. The van der Waals surface area contributed by atoms with E-state index >= 15 is 0 Å². The van der Waals surface area contributed by atoms with E-state index < -0.39 is 6.04 Å². The van der Waals surface area contributed by atoms with E-state index in [1.54, 1.807) is 6.07 Å². The fourth-order valence-corrected chi connectivity index (χ4v) is 2.24. The molecule has 1 aromatic rings.